The minimum atomic E-state index is -0.997. The van der Waals surface area contributed by atoms with Gasteiger partial charge < -0.3 is 14.6 Å². The highest BCUT2D eigenvalue weighted by molar-refractivity contribution is 7.99. The minimum absolute atomic E-state index is 0.0747. The predicted octanol–water partition coefficient (Wildman–Crippen LogP) is 4.40. The first-order chi connectivity index (χ1) is 13.3. The molecule has 1 aliphatic rings. The van der Waals surface area contributed by atoms with Crippen LogP contribution in [0.3, 0.4) is 0 Å². The first kappa shape index (κ1) is 23.6. The van der Waals surface area contributed by atoms with Crippen LogP contribution in [0, 0.1) is 16.0 Å². The Kier molecular flexibility index (Phi) is 7.35. The average Bonchev–Trinajstić information content (AvgIpc) is 3.03. The van der Waals surface area contributed by atoms with Gasteiger partial charge in [-0.1, -0.05) is 41.5 Å². The lowest BCUT2D eigenvalue weighted by Crippen LogP contribution is -2.27. The Morgan fingerprint density at radius 1 is 1.21 bits per heavy atom. The van der Waals surface area contributed by atoms with Crippen LogP contribution in [-0.2, 0) is 25.1 Å². The summed E-state index contributed by atoms with van der Waals surface area (Å²) in [6.45, 7) is 12.5. The van der Waals surface area contributed by atoms with Crippen molar-refractivity contribution in [2.75, 3.05) is 25.6 Å². The van der Waals surface area contributed by atoms with Crippen molar-refractivity contribution in [1.29, 1.82) is 0 Å². The zero-order valence-corrected chi connectivity index (χ0v) is 18.8. The monoisotopic (exact) mass is 425 g/mol. The molecule has 0 bridgehead atoms. The van der Waals surface area contributed by atoms with Crippen LogP contribution in [0.2, 0.25) is 0 Å². The number of carbonyl (C=O) groups is 1. The number of nitro groups is 1. The highest BCUT2D eigenvalue weighted by Gasteiger charge is 2.34. The zero-order chi connectivity index (χ0) is 22.0. The highest BCUT2D eigenvalue weighted by atomic mass is 32.2. The Bertz CT molecular complexity index is 730. The summed E-state index contributed by atoms with van der Waals surface area (Å²) in [5, 5.41) is 20.7. The Morgan fingerprint density at radius 2 is 1.76 bits per heavy atom. The number of benzene rings is 1. The van der Waals surface area contributed by atoms with E-state index in [1.54, 1.807) is 11.8 Å². The number of nitrogens with zero attached hydrogens (tertiary/aromatic N) is 1. The molecule has 1 aliphatic heterocycles. The summed E-state index contributed by atoms with van der Waals surface area (Å²) in [7, 11) is 0. The zero-order valence-electron chi connectivity index (χ0n) is 18.0. The van der Waals surface area contributed by atoms with E-state index in [4.69, 9.17) is 14.6 Å². The van der Waals surface area contributed by atoms with Gasteiger partial charge in [-0.2, -0.15) is 0 Å². The van der Waals surface area contributed by atoms with Crippen molar-refractivity contribution in [2.45, 2.75) is 63.4 Å². The van der Waals surface area contributed by atoms with E-state index < -0.39 is 5.97 Å². The largest absolute Gasteiger partial charge is 0.480 e. The maximum Gasteiger partial charge on any atom is 0.329 e. The van der Waals surface area contributed by atoms with Gasteiger partial charge in [0.05, 0.1) is 24.2 Å². The molecule has 0 aromatic heterocycles. The standard InChI is InChI=1S/C21H31NO6S/c1-20(2,3)15-7-14(8-16(21(4,5)6)19(15)22(25)26)29-12-13-9-27-10-17(13)28-11-18(23)24/h7-8,13,17H,9-12H2,1-6H3,(H,23,24)/t13?,17-/m1/s1. The molecule has 0 radical (unpaired) electrons. The number of hydrogen-bond donors (Lipinski definition) is 1. The average molecular weight is 426 g/mol. The summed E-state index contributed by atoms with van der Waals surface area (Å²) in [6.07, 6.45) is -0.249. The lowest BCUT2D eigenvalue weighted by atomic mass is 9.79. The number of thioether (sulfide) groups is 1. The van der Waals surface area contributed by atoms with Gasteiger partial charge in [0, 0.05) is 27.7 Å². The third-order valence-electron chi connectivity index (χ3n) is 4.91. The van der Waals surface area contributed by atoms with E-state index in [1.807, 2.05) is 53.7 Å². The van der Waals surface area contributed by atoms with Crippen molar-refractivity contribution in [3.8, 4) is 0 Å². The van der Waals surface area contributed by atoms with Gasteiger partial charge in [0.2, 0.25) is 0 Å². The first-order valence-electron chi connectivity index (χ1n) is 9.68. The van der Waals surface area contributed by atoms with Crippen LogP contribution < -0.4 is 0 Å². The number of carboxylic acids is 1. The number of hydrogen-bond acceptors (Lipinski definition) is 6. The lowest BCUT2D eigenvalue weighted by molar-refractivity contribution is -0.387. The fraction of sp³-hybridized carbons (Fsp3) is 0.667. The molecule has 1 heterocycles. The van der Waals surface area contributed by atoms with Crippen LogP contribution >= 0.6 is 11.8 Å². The molecule has 8 heteroatoms. The molecule has 1 aromatic carbocycles. The van der Waals surface area contributed by atoms with Crippen LogP contribution in [0.5, 0.6) is 0 Å². The molecule has 2 atom stereocenters. The third kappa shape index (κ3) is 6.17. The van der Waals surface area contributed by atoms with Gasteiger partial charge in [-0.15, -0.1) is 11.8 Å². The SMILES string of the molecule is CC(C)(C)c1cc(SCC2COC[C@H]2OCC(=O)O)cc(C(C)(C)C)c1[N+](=O)[O-]. The van der Waals surface area contributed by atoms with Crippen molar-refractivity contribution in [1.82, 2.24) is 0 Å². The fourth-order valence-electron chi connectivity index (χ4n) is 3.33. The van der Waals surface area contributed by atoms with Crippen molar-refractivity contribution in [3.05, 3.63) is 33.4 Å². The Labute approximate surface area is 176 Å². The maximum atomic E-state index is 11.9. The van der Waals surface area contributed by atoms with E-state index >= 15 is 0 Å². The molecule has 0 spiro atoms. The molecule has 1 N–H and O–H groups in total. The predicted molar refractivity (Wildman–Crippen MR) is 113 cm³/mol. The van der Waals surface area contributed by atoms with E-state index in [9.17, 15) is 14.9 Å². The molecule has 0 amide bonds. The number of nitro benzene ring substituents is 1. The fourth-order valence-corrected chi connectivity index (χ4v) is 4.45. The van der Waals surface area contributed by atoms with Gasteiger partial charge in [-0.3, -0.25) is 10.1 Å². The molecule has 1 unspecified atom stereocenters. The summed E-state index contributed by atoms with van der Waals surface area (Å²) in [5.74, 6) is -0.232. The second-order valence-corrected chi connectivity index (χ2v) is 10.6. The third-order valence-corrected chi connectivity index (χ3v) is 6.07. The van der Waals surface area contributed by atoms with Crippen molar-refractivity contribution >= 4 is 23.4 Å². The quantitative estimate of drug-likeness (QED) is 0.393. The topological polar surface area (TPSA) is 98.9 Å². The molecule has 1 saturated heterocycles. The van der Waals surface area contributed by atoms with Gasteiger partial charge in [-0.25, -0.2) is 4.79 Å². The minimum Gasteiger partial charge on any atom is -0.480 e. The van der Waals surface area contributed by atoms with Crippen LogP contribution in [0.15, 0.2) is 17.0 Å². The molecule has 2 rings (SSSR count). The van der Waals surface area contributed by atoms with Gasteiger partial charge in [0.15, 0.2) is 0 Å². The Hall–Kier alpha value is -1.64. The molecular weight excluding hydrogens is 394 g/mol. The van der Waals surface area contributed by atoms with Crippen molar-refractivity contribution in [3.63, 3.8) is 0 Å². The lowest BCUT2D eigenvalue weighted by Gasteiger charge is -2.26. The van der Waals surface area contributed by atoms with Crippen LogP contribution in [0.4, 0.5) is 5.69 Å². The van der Waals surface area contributed by atoms with Gasteiger partial charge in [0.1, 0.15) is 6.61 Å². The Morgan fingerprint density at radius 3 is 2.21 bits per heavy atom. The summed E-state index contributed by atoms with van der Waals surface area (Å²) < 4.78 is 10.9. The smallest absolute Gasteiger partial charge is 0.329 e. The normalized spacial score (nSPS) is 20.1. The number of ether oxygens (including phenoxy) is 2. The summed E-state index contributed by atoms with van der Waals surface area (Å²) >= 11 is 1.61. The molecule has 29 heavy (non-hydrogen) atoms. The van der Waals surface area contributed by atoms with E-state index in [0.717, 1.165) is 16.0 Å². The van der Waals surface area contributed by atoms with Gasteiger partial charge in [-0.05, 0) is 23.0 Å². The van der Waals surface area contributed by atoms with Gasteiger partial charge >= 0.3 is 5.97 Å². The second kappa shape index (κ2) is 9.02. The van der Waals surface area contributed by atoms with E-state index in [0.29, 0.717) is 19.0 Å². The van der Waals surface area contributed by atoms with E-state index in [-0.39, 0.29) is 40.1 Å². The van der Waals surface area contributed by atoms with E-state index in [1.165, 1.54) is 0 Å². The molecule has 0 aliphatic carbocycles. The van der Waals surface area contributed by atoms with E-state index in [2.05, 4.69) is 0 Å². The summed E-state index contributed by atoms with van der Waals surface area (Å²) in [5.41, 5.74) is 0.893. The number of rotatable bonds is 7. The van der Waals surface area contributed by atoms with Gasteiger partial charge in [0.25, 0.3) is 5.69 Å². The first-order valence-corrected chi connectivity index (χ1v) is 10.7. The number of aliphatic carboxylic acids is 1. The molecule has 0 saturated carbocycles. The maximum absolute atomic E-state index is 11.9. The number of carboxylic acid groups (broad SMARTS) is 1. The van der Waals surface area contributed by atoms with Crippen LogP contribution in [0.1, 0.15) is 52.7 Å². The van der Waals surface area contributed by atoms with Crippen LogP contribution in [0.25, 0.3) is 0 Å². The molecular formula is C21H31NO6S. The second-order valence-electron chi connectivity index (χ2n) is 9.48. The molecule has 7 nitrogen and oxygen atoms in total. The van der Waals surface area contributed by atoms with Crippen molar-refractivity contribution < 1.29 is 24.3 Å². The summed E-state index contributed by atoms with van der Waals surface area (Å²) in [4.78, 5) is 23.4. The molecule has 1 fully saturated rings. The Balaban J connectivity index is 2.31. The van der Waals surface area contributed by atoms with Crippen molar-refractivity contribution in [2.24, 2.45) is 5.92 Å². The molecule has 1 aromatic rings. The highest BCUT2D eigenvalue weighted by Crippen LogP contribution is 2.42. The molecule has 162 valence electrons. The summed E-state index contributed by atoms with van der Waals surface area (Å²) in [6, 6.07) is 3.84. The van der Waals surface area contributed by atoms with Crippen LogP contribution in [-0.4, -0.2) is 47.7 Å².